The molecular weight excluding hydrogens is 412 g/mol. The van der Waals surface area contributed by atoms with Gasteiger partial charge in [-0.2, -0.15) is 0 Å². The van der Waals surface area contributed by atoms with E-state index in [1.165, 1.54) is 24.1 Å². The number of carbonyl (C=O) groups excluding carboxylic acids is 2. The molecule has 0 radical (unpaired) electrons. The summed E-state index contributed by atoms with van der Waals surface area (Å²) in [7, 11) is -1.12. The maximum Gasteiger partial charge on any atom is 0.342 e. The molecule has 2 aromatic carbocycles. The predicted molar refractivity (Wildman–Crippen MR) is 109 cm³/mol. The van der Waals surface area contributed by atoms with Crippen molar-refractivity contribution in [3.05, 3.63) is 53.6 Å². The maximum absolute atomic E-state index is 12.4. The van der Waals surface area contributed by atoms with E-state index in [0.29, 0.717) is 13.2 Å². The third-order valence-corrected chi connectivity index (χ3v) is 5.04. The van der Waals surface area contributed by atoms with Gasteiger partial charge >= 0.3 is 5.97 Å². The van der Waals surface area contributed by atoms with Crippen LogP contribution >= 0.6 is 0 Å². The largest absolute Gasteiger partial charge is 0.496 e. The topological polar surface area (TPSA) is 125 Å². The number of sulfonamides is 1. The number of hydrogen-bond acceptors (Lipinski definition) is 7. The highest BCUT2D eigenvalue weighted by Gasteiger charge is 2.20. The van der Waals surface area contributed by atoms with Crippen molar-refractivity contribution in [1.29, 1.82) is 0 Å². The molecule has 0 spiro atoms. The fraction of sp³-hybridized carbons (Fsp3) is 0.300. The van der Waals surface area contributed by atoms with E-state index in [1.807, 2.05) is 31.2 Å². The second kappa shape index (κ2) is 10.1. The lowest BCUT2D eigenvalue weighted by Crippen LogP contribution is -2.30. The Hall–Kier alpha value is -3.11. The molecule has 1 amide bonds. The molecule has 0 heterocycles. The van der Waals surface area contributed by atoms with Gasteiger partial charge in [0.25, 0.3) is 5.91 Å². The first-order valence-corrected chi connectivity index (χ1v) is 10.5. The molecule has 0 aliphatic rings. The minimum atomic E-state index is -4.02. The first-order chi connectivity index (χ1) is 14.2. The lowest BCUT2D eigenvalue weighted by molar-refractivity contribution is -0.133. The molecule has 2 N–H and O–H groups in total. The molecule has 0 aliphatic heterocycles. The number of esters is 1. The molecule has 10 heteroatoms. The summed E-state index contributed by atoms with van der Waals surface area (Å²) in [5.74, 6) is -0.499. The number of methoxy groups -OCH3 is 1. The van der Waals surface area contributed by atoms with E-state index in [9.17, 15) is 18.0 Å². The smallest absolute Gasteiger partial charge is 0.342 e. The lowest BCUT2D eigenvalue weighted by atomic mass is 10.2. The number of primary sulfonamides is 1. The molecule has 0 atom stereocenters. The molecule has 0 aromatic heterocycles. The van der Waals surface area contributed by atoms with Crippen molar-refractivity contribution in [2.24, 2.45) is 5.14 Å². The highest BCUT2D eigenvalue weighted by Crippen LogP contribution is 2.23. The number of benzene rings is 2. The zero-order chi connectivity index (χ0) is 22.3. The molecule has 0 aliphatic carbocycles. The second-order valence-corrected chi connectivity index (χ2v) is 7.87. The summed E-state index contributed by atoms with van der Waals surface area (Å²) in [6.45, 7) is 2.25. The summed E-state index contributed by atoms with van der Waals surface area (Å²) in [5, 5.41) is 5.09. The van der Waals surface area contributed by atoms with E-state index in [-0.39, 0.29) is 16.2 Å². The molecule has 0 fully saturated rings. The zero-order valence-corrected chi connectivity index (χ0v) is 17.8. The highest BCUT2D eigenvalue weighted by molar-refractivity contribution is 7.89. The van der Waals surface area contributed by atoms with Gasteiger partial charge in [-0.25, -0.2) is 18.4 Å². The molecular formula is C20H24N2O7S. The normalized spacial score (nSPS) is 10.9. The Morgan fingerprint density at radius 2 is 1.77 bits per heavy atom. The molecule has 9 nitrogen and oxygen atoms in total. The Morgan fingerprint density at radius 1 is 1.10 bits per heavy atom. The number of hydrogen-bond donors (Lipinski definition) is 1. The number of carbonyl (C=O) groups is 2. The van der Waals surface area contributed by atoms with Crippen LogP contribution in [0.4, 0.5) is 0 Å². The minimum absolute atomic E-state index is 0.0996. The summed E-state index contributed by atoms with van der Waals surface area (Å²) in [6.07, 6.45) is 0. The third-order valence-electron chi connectivity index (χ3n) is 4.13. The van der Waals surface area contributed by atoms with Crippen molar-refractivity contribution in [3.63, 3.8) is 0 Å². The summed E-state index contributed by atoms with van der Waals surface area (Å²) < 4.78 is 38.5. The van der Waals surface area contributed by atoms with Crippen LogP contribution in [0.2, 0.25) is 0 Å². The van der Waals surface area contributed by atoms with Gasteiger partial charge in [0.05, 0.1) is 18.6 Å². The quantitative estimate of drug-likeness (QED) is 0.591. The number of rotatable bonds is 9. The van der Waals surface area contributed by atoms with Gasteiger partial charge in [-0.1, -0.05) is 12.1 Å². The summed E-state index contributed by atoms with van der Waals surface area (Å²) in [4.78, 5) is 25.8. The highest BCUT2D eigenvalue weighted by atomic mass is 32.2. The van der Waals surface area contributed by atoms with Crippen molar-refractivity contribution in [3.8, 4) is 11.5 Å². The average molecular weight is 436 g/mol. The average Bonchev–Trinajstić information content (AvgIpc) is 2.72. The van der Waals surface area contributed by atoms with E-state index in [1.54, 1.807) is 7.05 Å². The Labute approximate surface area is 175 Å². The van der Waals surface area contributed by atoms with Gasteiger partial charge in [-0.05, 0) is 42.8 Å². The number of nitrogens with two attached hydrogens (primary N) is 1. The number of likely N-dealkylation sites (N-methyl/N-ethyl adjacent to an activating group) is 1. The van der Waals surface area contributed by atoms with Crippen LogP contribution in [0.25, 0.3) is 0 Å². The van der Waals surface area contributed by atoms with Crippen molar-refractivity contribution < 1.29 is 32.2 Å². The molecule has 2 rings (SSSR count). The first-order valence-electron chi connectivity index (χ1n) is 8.99. The Bertz CT molecular complexity index is 1000. The van der Waals surface area contributed by atoms with E-state index in [4.69, 9.17) is 19.3 Å². The van der Waals surface area contributed by atoms with Crippen LogP contribution in [0, 0.1) is 0 Å². The zero-order valence-electron chi connectivity index (χ0n) is 17.0. The van der Waals surface area contributed by atoms with E-state index >= 15 is 0 Å². The summed E-state index contributed by atoms with van der Waals surface area (Å²) in [6, 6.07) is 10.8. The number of ether oxygens (including phenoxy) is 3. The van der Waals surface area contributed by atoms with Crippen LogP contribution in [-0.4, -0.2) is 52.6 Å². The standard InChI is InChI=1S/C20H24N2O7S/c1-4-28-15-7-5-14(6-8-15)12-22(2)19(23)13-29-20(24)17-11-16(30(21,25)26)9-10-18(17)27-3/h5-11H,4,12-13H2,1-3H3,(H2,21,25,26). The van der Waals surface area contributed by atoms with Crippen LogP contribution in [-0.2, 0) is 26.1 Å². The van der Waals surface area contributed by atoms with E-state index in [2.05, 4.69) is 0 Å². The van der Waals surface area contributed by atoms with E-state index in [0.717, 1.165) is 17.4 Å². The molecule has 0 unspecified atom stereocenters. The third kappa shape index (κ3) is 6.19. The minimum Gasteiger partial charge on any atom is -0.496 e. The van der Waals surface area contributed by atoms with Gasteiger partial charge in [0.15, 0.2) is 6.61 Å². The van der Waals surface area contributed by atoms with Gasteiger partial charge < -0.3 is 19.1 Å². The van der Waals surface area contributed by atoms with Crippen molar-refractivity contribution >= 4 is 21.9 Å². The van der Waals surface area contributed by atoms with Crippen molar-refractivity contribution in [2.45, 2.75) is 18.4 Å². The summed E-state index contributed by atoms with van der Waals surface area (Å²) in [5.41, 5.74) is 0.731. The molecule has 0 saturated heterocycles. The SMILES string of the molecule is CCOc1ccc(CN(C)C(=O)COC(=O)c2cc(S(N)(=O)=O)ccc2OC)cc1. The molecule has 0 saturated carbocycles. The maximum atomic E-state index is 12.4. The Morgan fingerprint density at radius 3 is 2.33 bits per heavy atom. The van der Waals surface area contributed by atoms with Crippen LogP contribution in [0.5, 0.6) is 11.5 Å². The predicted octanol–water partition coefficient (Wildman–Crippen LogP) is 1.56. The van der Waals surface area contributed by atoms with E-state index < -0.39 is 28.5 Å². The monoisotopic (exact) mass is 436 g/mol. The second-order valence-electron chi connectivity index (χ2n) is 6.31. The lowest BCUT2D eigenvalue weighted by Gasteiger charge is -2.18. The van der Waals surface area contributed by atoms with Gasteiger partial charge in [-0.15, -0.1) is 0 Å². The van der Waals surface area contributed by atoms with Crippen LogP contribution in [0.15, 0.2) is 47.4 Å². The molecule has 30 heavy (non-hydrogen) atoms. The number of nitrogens with zero attached hydrogens (tertiary/aromatic N) is 1. The Balaban J connectivity index is 2.00. The molecule has 162 valence electrons. The number of amides is 1. The van der Waals surface area contributed by atoms with Crippen molar-refractivity contribution in [2.75, 3.05) is 27.4 Å². The summed E-state index contributed by atoms with van der Waals surface area (Å²) >= 11 is 0. The van der Waals surface area contributed by atoms with Crippen molar-refractivity contribution in [1.82, 2.24) is 4.90 Å². The van der Waals surface area contributed by atoms with Gasteiger partial charge in [0, 0.05) is 13.6 Å². The van der Waals surface area contributed by atoms with Gasteiger partial charge in [-0.3, -0.25) is 4.79 Å². The Kier molecular flexibility index (Phi) is 7.79. The molecule has 0 bridgehead atoms. The van der Waals surface area contributed by atoms with Gasteiger partial charge in [0.1, 0.15) is 17.1 Å². The van der Waals surface area contributed by atoms with Crippen LogP contribution < -0.4 is 14.6 Å². The van der Waals surface area contributed by atoms with Crippen LogP contribution in [0.1, 0.15) is 22.8 Å². The van der Waals surface area contributed by atoms with Gasteiger partial charge in [0.2, 0.25) is 10.0 Å². The first kappa shape index (κ1) is 23.2. The molecule has 2 aromatic rings. The van der Waals surface area contributed by atoms with Crippen LogP contribution in [0.3, 0.4) is 0 Å². The fourth-order valence-electron chi connectivity index (χ4n) is 2.56. The fourth-order valence-corrected chi connectivity index (χ4v) is 3.10.